The topological polar surface area (TPSA) is 26.0 Å². The molecule has 0 aliphatic heterocycles. The zero-order valence-corrected chi connectivity index (χ0v) is 4.30. The molecule has 0 saturated carbocycles. The molecule has 2 N–H and O–H groups in total. The summed E-state index contributed by atoms with van der Waals surface area (Å²) >= 11 is 0. The summed E-state index contributed by atoms with van der Waals surface area (Å²) in [5.74, 6) is 0. The lowest BCUT2D eigenvalue weighted by molar-refractivity contribution is 0.797. The van der Waals surface area contributed by atoms with Crippen LogP contribution in [0.1, 0.15) is 12.8 Å². The third-order valence-electron chi connectivity index (χ3n) is 1.13. The Bertz CT molecular complexity index is 76.2. The van der Waals surface area contributed by atoms with Crippen LogP contribution in [-0.2, 0) is 0 Å². The van der Waals surface area contributed by atoms with Crippen LogP contribution < -0.4 is 5.73 Å². The zero-order valence-electron chi connectivity index (χ0n) is 4.30. The minimum absolute atomic E-state index is 0.230. The molecule has 0 aromatic heterocycles. The standard InChI is InChI=1S/C6H10N/c7-6-4-2-1-3-5-6/h2,4-6H,1,3,7H2. The van der Waals surface area contributed by atoms with Gasteiger partial charge in [-0.1, -0.05) is 12.2 Å². The third-order valence-corrected chi connectivity index (χ3v) is 1.13. The quantitative estimate of drug-likeness (QED) is 0.445. The molecule has 1 heteroatoms. The van der Waals surface area contributed by atoms with Gasteiger partial charge >= 0.3 is 0 Å². The van der Waals surface area contributed by atoms with Crippen LogP contribution in [0.4, 0.5) is 0 Å². The summed E-state index contributed by atoms with van der Waals surface area (Å²) in [4.78, 5) is 0. The molecule has 1 radical (unpaired) electrons. The average molecular weight is 96.2 g/mol. The first-order valence-electron chi connectivity index (χ1n) is 2.65. The van der Waals surface area contributed by atoms with Crippen molar-refractivity contribution in [2.45, 2.75) is 18.9 Å². The van der Waals surface area contributed by atoms with Gasteiger partial charge in [0.15, 0.2) is 0 Å². The Morgan fingerprint density at radius 1 is 1.43 bits per heavy atom. The summed E-state index contributed by atoms with van der Waals surface area (Å²) in [7, 11) is 0. The first-order valence-corrected chi connectivity index (χ1v) is 2.65. The predicted molar refractivity (Wildman–Crippen MR) is 30.6 cm³/mol. The minimum Gasteiger partial charge on any atom is -0.324 e. The van der Waals surface area contributed by atoms with E-state index in [-0.39, 0.29) is 6.04 Å². The van der Waals surface area contributed by atoms with E-state index in [1.807, 2.05) is 6.08 Å². The van der Waals surface area contributed by atoms with Crippen molar-refractivity contribution in [3.8, 4) is 0 Å². The molecular weight excluding hydrogens is 86.1 g/mol. The molecule has 0 bridgehead atoms. The molecule has 39 valence electrons. The Kier molecular flexibility index (Phi) is 1.47. The van der Waals surface area contributed by atoms with Crippen molar-refractivity contribution in [3.05, 3.63) is 18.6 Å². The zero-order chi connectivity index (χ0) is 5.11. The summed E-state index contributed by atoms with van der Waals surface area (Å²) in [6, 6.07) is 0.230. The fourth-order valence-electron chi connectivity index (χ4n) is 0.717. The van der Waals surface area contributed by atoms with E-state index >= 15 is 0 Å². The van der Waals surface area contributed by atoms with Gasteiger partial charge in [-0.05, 0) is 19.3 Å². The maximum absolute atomic E-state index is 5.49. The van der Waals surface area contributed by atoms with Crippen LogP contribution in [0.15, 0.2) is 12.2 Å². The second-order valence-electron chi connectivity index (χ2n) is 1.82. The van der Waals surface area contributed by atoms with Gasteiger partial charge in [-0.3, -0.25) is 0 Å². The minimum atomic E-state index is 0.230. The molecule has 0 aromatic carbocycles. The second kappa shape index (κ2) is 2.12. The van der Waals surface area contributed by atoms with E-state index in [2.05, 4.69) is 12.5 Å². The van der Waals surface area contributed by atoms with Crippen LogP contribution in [0.25, 0.3) is 0 Å². The fraction of sp³-hybridized carbons (Fsp3) is 0.500. The Labute approximate surface area is 44.2 Å². The maximum Gasteiger partial charge on any atom is 0.0255 e. The average Bonchev–Trinajstić information content (AvgIpc) is 1.69. The molecular formula is C6H10N. The molecule has 0 amide bonds. The molecule has 1 unspecified atom stereocenters. The monoisotopic (exact) mass is 96.1 g/mol. The summed E-state index contributed by atoms with van der Waals surface area (Å²) < 4.78 is 0. The second-order valence-corrected chi connectivity index (χ2v) is 1.82. The molecule has 0 fully saturated rings. The van der Waals surface area contributed by atoms with Gasteiger partial charge in [0.25, 0.3) is 0 Å². The molecule has 0 spiro atoms. The molecule has 0 saturated heterocycles. The Morgan fingerprint density at radius 2 is 2.29 bits per heavy atom. The third kappa shape index (κ3) is 1.32. The number of hydrogen-bond donors (Lipinski definition) is 1. The van der Waals surface area contributed by atoms with Crippen molar-refractivity contribution in [2.24, 2.45) is 5.73 Å². The highest BCUT2D eigenvalue weighted by atomic mass is 14.6. The summed E-state index contributed by atoms with van der Waals surface area (Å²) in [5.41, 5.74) is 5.49. The molecule has 1 aliphatic carbocycles. The van der Waals surface area contributed by atoms with Crippen molar-refractivity contribution in [2.75, 3.05) is 0 Å². The van der Waals surface area contributed by atoms with Crippen molar-refractivity contribution < 1.29 is 0 Å². The molecule has 1 aliphatic rings. The first-order chi connectivity index (χ1) is 3.39. The van der Waals surface area contributed by atoms with Gasteiger partial charge in [0.05, 0.1) is 0 Å². The highest BCUT2D eigenvalue weighted by Gasteiger charge is 1.99. The van der Waals surface area contributed by atoms with E-state index in [0.29, 0.717) is 0 Å². The number of nitrogens with two attached hydrogens (primary N) is 1. The largest absolute Gasteiger partial charge is 0.324 e. The molecule has 0 aromatic rings. The van der Waals surface area contributed by atoms with E-state index in [0.717, 1.165) is 6.42 Å². The first kappa shape index (κ1) is 4.85. The van der Waals surface area contributed by atoms with Crippen molar-refractivity contribution >= 4 is 0 Å². The van der Waals surface area contributed by atoms with Crippen LogP contribution >= 0.6 is 0 Å². The molecule has 0 heterocycles. The summed E-state index contributed by atoms with van der Waals surface area (Å²) in [5, 5.41) is 0. The van der Waals surface area contributed by atoms with E-state index in [4.69, 9.17) is 5.73 Å². The highest BCUT2D eigenvalue weighted by Crippen LogP contribution is 2.05. The van der Waals surface area contributed by atoms with Crippen LogP contribution in [0.2, 0.25) is 0 Å². The van der Waals surface area contributed by atoms with Gasteiger partial charge in [-0.2, -0.15) is 0 Å². The predicted octanol–water partition coefficient (Wildman–Crippen LogP) is 0.868. The number of allylic oxidation sites excluding steroid dienone is 1. The van der Waals surface area contributed by atoms with Gasteiger partial charge in [0.1, 0.15) is 0 Å². The fourth-order valence-corrected chi connectivity index (χ4v) is 0.717. The highest BCUT2D eigenvalue weighted by molar-refractivity contribution is 5.04. The summed E-state index contributed by atoms with van der Waals surface area (Å²) in [6.45, 7) is 0. The number of rotatable bonds is 0. The molecule has 1 nitrogen and oxygen atoms in total. The van der Waals surface area contributed by atoms with Gasteiger partial charge < -0.3 is 5.73 Å². The van der Waals surface area contributed by atoms with Crippen molar-refractivity contribution in [1.29, 1.82) is 0 Å². The normalized spacial score (nSPS) is 30.7. The Balaban J connectivity index is 2.36. The van der Waals surface area contributed by atoms with E-state index in [1.165, 1.54) is 6.42 Å². The van der Waals surface area contributed by atoms with Crippen molar-refractivity contribution in [3.63, 3.8) is 0 Å². The van der Waals surface area contributed by atoms with Crippen LogP contribution in [0.5, 0.6) is 0 Å². The van der Waals surface area contributed by atoms with E-state index < -0.39 is 0 Å². The number of hydrogen-bond acceptors (Lipinski definition) is 1. The molecule has 1 rings (SSSR count). The lowest BCUT2D eigenvalue weighted by atomic mass is 10.0. The maximum atomic E-state index is 5.49. The lowest BCUT2D eigenvalue weighted by Gasteiger charge is -2.08. The lowest BCUT2D eigenvalue weighted by Crippen LogP contribution is -2.18. The van der Waals surface area contributed by atoms with Crippen LogP contribution in [0.3, 0.4) is 0 Å². The Hall–Kier alpha value is -0.300. The SMILES string of the molecule is NC1[CH]CCC=C1. The van der Waals surface area contributed by atoms with Crippen LogP contribution in [0, 0.1) is 6.42 Å². The smallest absolute Gasteiger partial charge is 0.0255 e. The van der Waals surface area contributed by atoms with Gasteiger partial charge in [-0.25, -0.2) is 0 Å². The molecule has 7 heavy (non-hydrogen) atoms. The van der Waals surface area contributed by atoms with Gasteiger partial charge in [0, 0.05) is 6.04 Å². The van der Waals surface area contributed by atoms with Gasteiger partial charge in [0.2, 0.25) is 0 Å². The van der Waals surface area contributed by atoms with Crippen LogP contribution in [-0.4, -0.2) is 6.04 Å². The van der Waals surface area contributed by atoms with E-state index in [9.17, 15) is 0 Å². The Morgan fingerprint density at radius 3 is 2.57 bits per heavy atom. The van der Waals surface area contributed by atoms with Crippen molar-refractivity contribution in [1.82, 2.24) is 0 Å². The molecule has 1 atom stereocenters. The van der Waals surface area contributed by atoms with Gasteiger partial charge in [-0.15, -0.1) is 0 Å². The van der Waals surface area contributed by atoms with E-state index in [1.54, 1.807) is 0 Å². The summed E-state index contributed by atoms with van der Waals surface area (Å²) in [6.07, 6.45) is 8.61.